The Bertz CT molecular complexity index is 410. The van der Waals surface area contributed by atoms with Crippen LogP contribution in [0.2, 0.25) is 0 Å². The summed E-state index contributed by atoms with van der Waals surface area (Å²) in [7, 11) is 0. The monoisotopic (exact) mass is 230 g/mol. The number of hydrogen-bond donors (Lipinski definition) is 1. The van der Waals surface area contributed by atoms with Gasteiger partial charge in [-0.05, 0) is 13.3 Å². The summed E-state index contributed by atoms with van der Waals surface area (Å²) in [5, 5.41) is 13.3. The van der Waals surface area contributed by atoms with Gasteiger partial charge in [-0.1, -0.05) is 6.92 Å². The minimum atomic E-state index is -0.959. The number of nitro groups is 1. The van der Waals surface area contributed by atoms with Crippen molar-refractivity contribution in [2.24, 2.45) is 0 Å². The van der Waals surface area contributed by atoms with Gasteiger partial charge in [0, 0.05) is 12.1 Å². The fourth-order valence-corrected chi connectivity index (χ4v) is 1.20. The predicted molar refractivity (Wildman–Crippen MR) is 56.4 cm³/mol. The standard InChI is InChI=1S/C10H12F2N2O2/c1-3-6(2)13-10-8(12)4-7(11)5-9(10)14(15)16/h4-6,13H,3H2,1-2H3. The second-order valence-electron chi connectivity index (χ2n) is 3.49. The molecule has 1 rings (SSSR count). The van der Waals surface area contributed by atoms with Gasteiger partial charge in [0.05, 0.1) is 11.0 Å². The van der Waals surface area contributed by atoms with Gasteiger partial charge in [-0.2, -0.15) is 0 Å². The van der Waals surface area contributed by atoms with Crippen LogP contribution in [0.4, 0.5) is 20.2 Å². The van der Waals surface area contributed by atoms with Gasteiger partial charge < -0.3 is 5.32 Å². The predicted octanol–water partition coefficient (Wildman–Crippen LogP) is 3.08. The smallest absolute Gasteiger partial charge is 0.298 e. The molecule has 1 atom stereocenters. The third-order valence-electron chi connectivity index (χ3n) is 2.23. The van der Waals surface area contributed by atoms with Gasteiger partial charge in [0.15, 0.2) is 5.82 Å². The molecule has 0 saturated carbocycles. The van der Waals surface area contributed by atoms with Crippen molar-refractivity contribution in [3.05, 3.63) is 33.9 Å². The van der Waals surface area contributed by atoms with Crippen LogP contribution in [-0.4, -0.2) is 11.0 Å². The van der Waals surface area contributed by atoms with E-state index in [4.69, 9.17) is 0 Å². The minimum Gasteiger partial charge on any atom is -0.375 e. The summed E-state index contributed by atoms with van der Waals surface area (Å²) in [5.74, 6) is -1.91. The van der Waals surface area contributed by atoms with E-state index in [1.165, 1.54) is 0 Å². The molecule has 1 aromatic rings. The van der Waals surface area contributed by atoms with Crippen LogP contribution < -0.4 is 5.32 Å². The van der Waals surface area contributed by atoms with E-state index in [1.54, 1.807) is 6.92 Å². The Balaban J connectivity index is 3.19. The highest BCUT2D eigenvalue weighted by Crippen LogP contribution is 2.29. The molecular weight excluding hydrogens is 218 g/mol. The first kappa shape index (κ1) is 12.4. The molecule has 1 unspecified atom stereocenters. The largest absolute Gasteiger partial charge is 0.375 e. The van der Waals surface area contributed by atoms with Gasteiger partial charge in [-0.15, -0.1) is 0 Å². The molecule has 0 bridgehead atoms. The zero-order chi connectivity index (χ0) is 12.3. The Labute approximate surface area is 91.4 Å². The van der Waals surface area contributed by atoms with E-state index >= 15 is 0 Å². The molecule has 6 heteroatoms. The average Bonchev–Trinajstić information content (AvgIpc) is 2.20. The van der Waals surface area contributed by atoms with Crippen LogP contribution in [0.3, 0.4) is 0 Å². The summed E-state index contributed by atoms with van der Waals surface area (Å²) in [6, 6.07) is 1.20. The molecule has 88 valence electrons. The fraction of sp³-hybridized carbons (Fsp3) is 0.400. The third kappa shape index (κ3) is 2.65. The van der Waals surface area contributed by atoms with E-state index in [0.717, 1.165) is 0 Å². The number of nitrogens with zero attached hydrogens (tertiary/aromatic N) is 1. The van der Waals surface area contributed by atoms with Crippen LogP contribution in [0.5, 0.6) is 0 Å². The van der Waals surface area contributed by atoms with E-state index in [0.29, 0.717) is 18.6 Å². The van der Waals surface area contributed by atoms with E-state index in [1.807, 2.05) is 6.92 Å². The molecule has 4 nitrogen and oxygen atoms in total. The topological polar surface area (TPSA) is 55.2 Å². The summed E-state index contributed by atoms with van der Waals surface area (Å²) < 4.78 is 26.2. The van der Waals surface area contributed by atoms with E-state index in [2.05, 4.69) is 5.32 Å². The molecule has 0 heterocycles. The van der Waals surface area contributed by atoms with Crippen LogP contribution in [0.15, 0.2) is 12.1 Å². The summed E-state index contributed by atoms with van der Waals surface area (Å²) >= 11 is 0. The maximum absolute atomic E-state index is 13.4. The summed E-state index contributed by atoms with van der Waals surface area (Å²) in [6.45, 7) is 3.61. The molecular formula is C10H12F2N2O2. The highest BCUT2D eigenvalue weighted by Gasteiger charge is 2.21. The first-order chi connectivity index (χ1) is 7.45. The highest BCUT2D eigenvalue weighted by atomic mass is 19.1. The molecule has 0 aromatic heterocycles. The summed E-state index contributed by atoms with van der Waals surface area (Å²) in [6.07, 6.45) is 0.675. The maximum atomic E-state index is 13.4. The zero-order valence-electron chi connectivity index (χ0n) is 8.96. The van der Waals surface area contributed by atoms with Gasteiger partial charge >= 0.3 is 0 Å². The lowest BCUT2D eigenvalue weighted by atomic mass is 10.2. The van der Waals surface area contributed by atoms with Crippen molar-refractivity contribution >= 4 is 11.4 Å². The number of nitro benzene ring substituents is 1. The number of nitrogens with one attached hydrogen (secondary N) is 1. The van der Waals surface area contributed by atoms with Gasteiger partial charge in [-0.25, -0.2) is 8.78 Å². The number of anilines is 1. The summed E-state index contributed by atoms with van der Waals surface area (Å²) in [4.78, 5) is 9.82. The van der Waals surface area contributed by atoms with Crippen molar-refractivity contribution in [1.29, 1.82) is 0 Å². The summed E-state index contributed by atoms with van der Waals surface area (Å²) in [5.41, 5.74) is -0.849. The van der Waals surface area contributed by atoms with Crippen LogP contribution >= 0.6 is 0 Å². The Kier molecular flexibility index (Phi) is 3.76. The maximum Gasteiger partial charge on any atom is 0.298 e. The Morgan fingerprint density at radius 3 is 2.62 bits per heavy atom. The molecule has 1 N–H and O–H groups in total. The fourth-order valence-electron chi connectivity index (χ4n) is 1.20. The Morgan fingerprint density at radius 1 is 1.50 bits per heavy atom. The second kappa shape index (κ2) is 4.87. The van der Waals surface area contributed by atoms with Crippen molar-refractivity contribution in [3.8, 4) is 0 Å². The van der Waals surface area contributed by atoms with Crippen molar-refractivity contribution < 1.29 is 13.7 Å². The number of halogens is 2. The normalized spacial score (nSPS) is 12.2. The number of rotatable bonds is 4. The Hall–Kier alpha value is -1.72. The molecule has 16 heavy (non-hydrogen) atoms. The van der Waals surface area contributed by atoms with Gasteiger partial charge in [-0.3, -0.25) is 10.1 Å². The van der Waals surface area contributed by atoms with Gasteiger partial charge in [0.25, 0.3) is 5.69 Å². The minimum absolute atomic E-state index is 0.126. The average molecular weight is 230 g/mol. The highest BCUT2D eigenvalue weighted by molar-refractivity contribution is 5.62. The molecule has 0 aliphatic rings. The molecule has 0 amide bonds. The van der Waals surface area contributed by atoms with Crippen molar-refractivity contribution in [2.45, 2.75) is 26.3 Å². The van der Waals surface area contributed by atoms with Crippen molar-refractivity contribution in [1.82, 2.24) is 0 Å². The lowest BCUT2D eigenvalue weighted by Gasteiger charge is -2.13. The lowest BCUT2D eigenvalue weighted by molar-refractivity contribution is -0.384. The lowest BCUT2D eigenvalue weighted by Crippen LogP contribution is -2.16. The van der Waals surface area contributed by atoms with E-state index < -0.39 is 22.2 Å². The third-order valence-corrected chi connectivity index (χ3v) is 2.23. The van der Waals surface area contributed by atoms with Gasteiger partial charge in [0.2, 0.25) is 0 Å². The second-order valence-corrected chi connectivity index (χ2v) is 3.49. The van der Waals surface area contributed by atoms with Crippen LogP contribution in [0.1, 0.15) is 20.3 Å². The van der Waals surface area contributed by atoms with Crippen LogP contribution in [0.25, 0.3) is 0 Å². The van der Waals surface area contributed by atoms with E-state index in [-0.39, 0.29) is 11.7 Å². The molecule has 1 aromatic carbocycles. The van der Waals surface area contributed by atoms with Crippen LogP contribution in [0, 0.1) is 21.7 Å². The molecule has 0 spiro atoms. The molecule has 0 aliphatic heterocycles. The quantitative estimate of drug-likeness (QED) is 0.638. The molecule has 0 aliphatic carbocycles. The van der Waals surface area contributed by atoms with Gasteiger partial charge in [0.1, 0.15) is 11.5 Å². The first-order valence-corrected chi connectivity index (χ1v) is 4.85. The number of hydrogen-bond acceptors (Lipinski definition) is 3. The molecule has 0 radical (unpaired) electrons. The first-order valence-electron chi connectivity index (χ1n) is 4.85. The molecule has 0 fully saturated rings. The van der Waals surface area contributed by atoms with Crippen molar-refractivity contribution in [3.63, 3.8) is 0 Å². The van der Waals surface area contributed by atoms with E-state index in [9.17, 15) is 18.9 Å². The number of benzene rings is 1. The van der Waals surface area contributed by atoms with Crippen LogP contribution in [-0.2, 0) is 0 Å². The van der Waals surface area contributed by atoms with Crippen molar-refractivity contribution in [2.75, 3.05) is 5.32 Å². The zero-order valence-corrected chi connectivity index (χ0v) is 8.96. The SMILES string of the molecule is CCC(C)Nc1c(F)cc(F)cc1[N+](=O)[O-]. The Morgan fingerprint density at radius 2 is 2.12 bits per heavy atom. The molecule has 0 saturated heterocycles.